The lowest BCUT2D eigenvalue weighted by molar-refractivity contribution is 0.415. The second-order valence-electron chi connectivity index (χ2n) is 5.12. The highest BCUT2D eigenvalue weighted by molar-refractivity contribution is 7.99. The van der Waals surface area contributed by atoms with Crippen LogP contribution in [0.1, 0.15) is 25.1 Å². The maximum Gasteiger partial charge on any atom is 0.124 e. The van der Waals surface area contributed by atoms with Crippen LogP contribution in [0.3, 0.4) is 0 Å². The predicted molar refractivity (Wildman–Crippen MR) is 85.9 cm³/mol. The summed E-state index contributed by atoms with van der Waals surface area (Å²) < 4.78 is 7.60. The van der Waals surface area contributed by atoms with E-state index in [1.807, 2.05) is 12.1 Å². The Hall–Kier alpha value is -0.870. The van der Waals surface area contributed by atoms with Gasteiger partial charge >= 0.3 is 0 Å². The molecule has 108 valence electrons. The highest BCUT2D eigenvalue weighted by Gasteiger charge is 2.18. The van der Waals surface area contributed by atoms with Crippen LogP contribution in [-0.2, 0) is 12.4 Å². The molecular weight excluding hydrogens is 292 g/mol. The van der Waals surface area contributed by atoms with E-state index in [0.717, 1.165) is 29.2 Å². The first-order valence-corrected chi connectivity index (χ1v) is 8.61. The fraction of sp³-hybridized carbons (Fsp3) is 0.533. The average molecular weight is 311 g/mol. The summed E-state index contributed by atoms with van der Waals surface area (Å²) >= 11 is 8.15. The van der Waals surface area contributed by atoms with E-state index in [4.69, 9.17) is 16.3 Å². The number of nitrogens with zero attached hydrogens (tertiary/aromatic N) is 2. The molecule has 0 saturated carbocycles. The molecule has 0 bridgehead atoms. The quantitative estimate of drug-likeness (QED) is 0.797. The minimum Gasteiger partial charge on any atom is -0.497 e. The Morgan fingerprint density at radius 1 is 1.45 bits per heavy atom. The van der Waals surface area contributed by atoms with Gasteiger partial charge in [0.15, 0.2) is 0 Å². The summed E-state index contributed by atoms with van der Waals surface area (Å²) in [6.45, 7) is 0.996. The van der Waals surface area contributed by atoms with Gasteiger partial charge in [0.1, 0.15) is 11.6 Å². The molecule has 1 saturated heterocycles. The van der Waals surface area contributed by atoms with E-state index in [9.17, 15) is 0 Å². The molecular formula is C15H19ClN2OS. The van der Waals surface area contributed by atoms with Crippen molar-refractivity contribution in [3.8, 4) is 5.75 Å². The smallest absolute Gasteiger partial charge is 0.124 e. The second-order valence-corrected chi connectivity index (χ2v) is 6.79. The lowest BCUT2D eigenvalue weighted by atomic mass is 10.2. The first-order chi connectivity index (χ1) is 9.81. The van der Waals surface area contributed by atoms with Gasteiger partial charge in [-0.05, 0) is 30.7 Å². The number of fused-ring (bicyclic) bond motifs is 1. The van der Waals surface area contributed by atoms with Crippen LogP contribution in [0.25, 0.3) is 11.0 Å². The normalized spacial score (nSPS) is 19.4. The number of hydrogen-bond donors (Lipinski definition) is 0. The first-order valence-electron chi connectivity index (χ1n) is 7.02. The molecule has 0 N–H and O–H groups in total. The van der Waals surface area contributed by atoms with Crippen LogP contribution in [0.5, 0.6) is 5.75 Å². The van der Waals surface area contributed by atoms with Crippen molar-refractivity contribution in [3.63, 3.8) is 0 Å². The number of rotatable bonds is 4. The van der Waals surface area contributed by atoms with Gasteiger partial charge in [0.2, 0.25) is 0 Å². The topological polar surface area (TPSA) is 27.1 Å². The number of benzene rings is 1. The minimum absolute atomic E-state index is 0.453. The number of thioether (sulfide) groups is 1. The summed E-state index contributed by atoms with van der Waals surface area (Å²) in [5.74, 6) is 3.56. The highest BCUT2D eigenvalue weighted by atomic mass is 35.5. The number of alkyl halides is 1. The van der Waals surface area contributed by atoms with Crippen molar-refractivity contribution >= 4 is 34.4 Å². The monoisotopic (exact) mass is 310 g/mol. The molecule has 3 rings (SSSR count). The zero-order valence-electron chi connectivity index (χ0n) is 11.6. The molecule has 0 radical (unpaired) electrons. The van der Waals surface area contributed by atoms with Gasteiger partial charge in [-0.2, -0.15) is 11.8 Å². The van der Waals surface area contributed by atoms with Crippen LogP contribution >= 0.6 is 23.4 Å². The zero-order chi connectivity index (χ0) is 13.9. The molecule has 1 aromatic heterocycles. The molecule has 0 amide bonds. The Bertz CT molecular complexity index is 593. The number of hydrogen-bond acceptors (Lipinski definition) is 3. The number of methoxy groups -OCH3 is 1. The Morgan fingerprint density at radius 2 is 2.35 bits per heavy atom. The summed E-state index contributed by atoms with van der Waals surface area (Å²) in [6, 6.07) is 6.02. The standard InChI is InChI=1S/C15H19ClN2OS/c1-19-11-5-6-13-14(8-11)18(15(9-16)17-13)10-12-4-2-3-7-20-12/h5-6,8,12H,2-4,7,9-10H2,1H3. The molecule has 1 aromatic carbocycles. The SMILES string of the molecule is COc1ccc2nc(CCl)n(CC3CCCCS3)c2c1. The highest BCUT2D eigenvalue weighted by Crippen LogP contribution is 2.29. The third kappa shape index (κ3) is 2.77. The van der Waals surface area contributed by atoms with Crippen LogP contribution in [-0.4, -0.2) is 27.7 Å². The van der Waals surface area contributed by atoms with Crippen molar-refractivity contribution < 1.29 is 4.74 Å². The zero-order valence-corrected chi connectivity index (χ0v) is 13.2. The van der Waals surface area contributed by atoms with Crippen LogP contribution in [0.4, 0.5) is 0 Å². The predicted octanol–water partition coefficient (Wildman–Crippen LogP) is 4.07. The van der Waals surface area contributed by atoms with E-state index in [1.165, 1.54) is 25.0 Å². The summed E-state index contributed by atoms with van der Waals surface area (Å²) in [5.41, 5.74) is 2.13. The van der Waals surface area contributed by atoms with Crippen molar-refractivity contribution in [1.29, 1.82) is 0 Å². The van der Waals surface area contributed by atoms with Gasteiger partial charge in [-0.15, -0.1) is 11.6 Å². The molecule has 2 aromatic rings. The van der Waals surface area contributed by atoms with Crippen LogP contribution in [0.15, 0.2) is 18.2 Å². The van der Waals surface area contributed by atoms with Crippen molar-refractivity contribution in [2.24, 2.45) is 0 Å². The van der Waals surface area contributed by atoms with Crippen molar-refractivity contribution in [3.05, 3.63) is 24.0 Å². The summed E-state index contributed by atoms with van der Waals surface area (Å²) in [4.78, 5) is 4.64. The van der Waals surface area contributed by atoms with E-state index < -0.39 is 0 Å². The third-order valence-corrected chi connectivity index (χ3v) is 5.43. The van der Waals surface area contributed by atoms with E-state index in [1.54, 1.807) is 7.11 Å². The summed E-state index contributed by atoms with van der Waals surface area (Å²) in [5, 5.41) is 0.675. The fourth-order valence-electron chi connectivity index (χ4n) is 2.74. The van der Waals surface area contributed by atoms with Gasteiger partial charge in [0.25, 0.3) is 0 Å². The Labute approximate surface area is 128 Å². The average Bonchev–Trinajstić information content (AvgIpc) is 2.85. The van der Waals surface area contributed by atoms with Gasteiger partial charge in [-0.25, -0.2) is 4.98 Å². The van der Waals surface area contributed by atoms with Crippen LogP contribution < -0.4 is 4.74 Å². The molecule has 1 aliphatic rings. The van der Waals surface area contributed by atoms with Crippen molar-refractivity contribution in [1.82, 2.24) is 9.55 Å². The Morgan fingerprint density at radius 3 is 3.05 bits per heavy atom. The lowest BCUT2D eigenvalue weighted by Gasteiger charge is -2.22. The lowest BCUT2D eigenvalue weighted by Crippen LogP contribution is -2.18. The third-order valence-electron chi connectivity index (χ3n) is 3.81. The first kappa shape index (κ1) is 14.1. The number of imidazole rings is 1. The number of aromatic nitrogens is 2. The van der Waals surface area contributed by atoms with Gasteiger partial charge in [-0.1, -0.05) is 6.42 Å². The molecule has 20 heavy (non-hydrogen) atoms. The van der Waals surface area contributed by atoms with Gasteiger partial charge in [0, 0.05) is 17.9 Å². The van der Waals surface area contributed by atoms with Crippen molar-refractivity contribution in [2.75, 3.05) is 12.9 Å². The Kier molecular flexibility index (Phi) is 4.41. The van der Waals surface area contributed by atoms with E-state index in [-0.39, 0.29) is 0 Å². The molecule has 2 heterocycles. The van der Waals surface area contributed by atoms with Gasteiger partial charge in [-0.3, -0.25) is 0 Å². The molecule has 0 spiro atoms. The summed E-state index contributed by atoms with van der Waals surface area (Å²) in [6.07, 6.45) is 3.97. The molecule has 3 nitrogen and oxygen atoms in total. The molecule has 5 heteroatoms. The summed E-state index contributed by atoms with van der Waals surface area (Å²) in [7, 11) is 1.70. The van der Waals surface area contributed by atoms with Crippen molar-refractivity contribution in [2.45, 2.75) is 36.9 Å². The van der Waals surface area contributed by atoms with Crippen LogP contribution in [0, 0.1) is 0 Å². The van der Waals surface area contributed by atoms with Crippen LogP contribution in [0.2, 0.25) is 0 Å². The van der Waals surface area contributed by atoms with E-state index in [0.29, 0.717) is 11.1 Å². The molecule has 1 atom stereocenters. The molecule has 1 fully saturated rings. The number of ether oxygens (including phenoxy) is 1. The fourth-order valence-corrected chi connectivity index (χ4v) is 4.24. The maximum absolute atomic E-state index is 6.07. The molecule has 1 unspecified atom stereocenters. The molecule has 0 aliphatic carbocycles. The number of halogens is 1. The van der Waals surface area contributed by atoms with Gasteiger partial charge in [0.05, 0.1) is 24.0 Å². The largest absolute Gasteiger partial charge is 0.497 e. The Balaban J connectivity index is 1.97. The second kappa shape index (κ2) is 6.27. The van der Waals surface area contributed by atoms with E-state index in [2.05, 4.69) is 27.4 Å². The molecule has 1 aliphatic heterocycles. The minimum atomic E-state index is 0.453. The van der Waals surface area contributed by atoms with Gasteiger partial charge < -0.3 is 9.30 Å². The van der Waals surface area contributed by atoms with E-state index >= 15 is 0 Å². The maximum atomic E-state index is 6.07.